The summed E-state index contributed by atoms with van der Waals surface area (Å²) < 4.78 is 1.19. The molecule has 44 valence electrons. The van der Waals surface area contributed by atoms with E-state index >= 15 is 0 Å². The quantitative estimate of drug-likeness (QED) is 0.602. The zero-order valence-electron chi connectivity index (χ0n) is 5.56. The second-order valence-electron chi connectivity index (χ2n) is 3.02. The van der Waals surface area contributed by atoms with E-state index in [-0.39, 0.29) is 0 Å². The van der Waals surface area contributed by atoms with Crippen molar-refractivity contribution in [2.75, 3.05) is 0 Å². The molecule has 0 nitrogen and oxygen atoms in total. The van der Waals surface area contributed by atoms with E-state index < -0.39 is 0 Å². The SMILES string of the molecule is CC1CC[CH]([Tl])CC1. The molecule has 1 rings (SSSR count). The molecule has 1 aliphatic carbocycles. The summed E-state index contributed by atoms with van der Waals surface area (Å²) >= 11 is 1.26. The molecule has 1 aliphatic rings. The van der Waals surface area contributed by atoms with Crippen LogP contribution in [-0.4, -0.2) is 25.8 Å². The molecule has 8 heavy (non-hydrogen) atoms. The van der Waals surface area contributed by atoms with Crippen LogP contribution in [0.1, 0.15) is 32.6 Å². The van der Waals surface area contributed by atoms with E-state index in [0.29, 0.717) is 0 Å². The van der Waals surface area contributed by atoms with E-state index in [1.165, 1.54) is 42.1 Å². The first-order valence-corrected chi connectivity index (χ1v) is 6.14. The fourth-order valence-electron chi connectivity index (χ4n) is 1.29. The summed E-state index contributed by atoms with van der Waals surface area (Å²) in [6, 6.07) is 0. The van der Waals surface area contributed by atoms with Gasteiger partial charge < -0.3 is 0 Å². The van der Waals surface area contributed by atoms with E-state index in [1.54, 1.807) is 12.8 Å². The molecule has 0 bridgehead atoms. The molecule has 1 saturated carbocycles. The fraction of sp³-hybridized carbons (Fsp3) is 1.00. The van der Waals surface area contributed by atoms with Crippen LogP contribution in [0.25, 0.3) is 0 Å². The summed E-state index contributed by atoms with van der Waals surface area (Å²) in [5.41, 5.74) is 0. The average molecular weight is 302 g/mol. The summed E-state index contributed by atoms with van der Waals surface area (Å²) in [4.78, 5) is 0. The summed E-state index contributed by atoms with van der Waals surface area (Å²) in [5.74, 6) is 1.05. The molecule has 0 N–H and O–H groups in total. The van der Waals surface area contributed by atoms with Crippen LogP contribution >= 0.6 is 0 Å². The van der Waals surface area contributed by atoms with Crippen molar-refractivity contribution in [2.24, 2.45) is 5.92 Å². The van der Waals surface area contributed by atoms with Crippen LogP contribution in [0.3, 0.4) is 0 Å². The standard InChI is InChI=1S/C7H13.Tl/c1-7-5-3-2-4-6-7;/h2,7H,3-6H2,1H3;. The molecule has 0 atom stereocenters. The van der Waals surface area contributed by atoms with Crippen molar-refractivity contribution in [1.82, 2.24) is 0 Å². The van der Waals surface area contributed by atoms with Gasteiger partial charge in [0.2, 0.25) is 0 Å². The van der Waals surface area contributed by atoms with Gasteiger partial charge in [-0.05, 0) is 0 Å². The molecule has 0 spiro atoms. The predicted molar refractivity (Wildman–Crippen MR) is 37.1 cm³/mol. The summed E-state index contributed by atoms with van der Waals surface area (Å²) in [7, 11) is 0. The summed E-state index contributed by atoms with van der Waals surface area (Å²) in [6.07, 6.45) is 6.12. The molecule has 0 unspecified atom stereocenters. The van der Waals surface area contributed by atoms with Crippen LogP contribution in [0.2, 0.25) is 3.48 Å². The Morgan fingerprint density at radius 2 is 1.62 bits per heavy atom. The topological polar surface area (TPSA) is 0 Å². The van der Waals surface area contributed by atoms with Crippen molar-refractivity contribution in [2.45, 2.75) is 36.1 Å². The molecule has 1 heteroatoms. The Kier molecular flexibility index (Phi) is 2.80. The number of rotatable bonds is 0. The van der Waals surface area contributed by atoms with Crippen LogP contribution < -0.4 is 0 Å². The van der Waals surface area contributed by atoms with E-state index in [0.717, 1.165) is 5.92 Å². The molecule has 0 radical (unpaired) electrons. The molecule has 0 aromatic heterocycles. The zero-order chi connectivity index (χ0) is 5.98. The van der Waals surface area contributed by atoms with Crippen molar-refractivity contribution in [3.05, 3.63) is 0 Å². The first kappa shape index (κ1) is 7.03. The zero-order valence-corrected chi connectivity index (χ0v) is 10.0. The van der Waals surface area contributed by atoms with Crippen LogP contribution in [0, 0.1) is 5.92 Å². The third kappa shape index (κ3) is 2.04. The Morgan fingerprint density at radius 3 is 2.00 bits per heavy atom. The minimum atomic E-state index is 1.05. The van der Waals surface area contributed by atoms with Gasteiger partial charge in [-0.1, -0.05) is 0 Å². The van der Waals surface area contributed by atoms with Crippen LogP contribution in [0.4, 0.5) is 0 Å². The number of hydrogen-bond acceptors (Lipinski definition) is 0. The van der Waals surface area contributed by atoms with Gasteiger partial charge in [0, 0.05) is 0 Å². The molecule has 0 heterocycles. The third-order valence-corrected chi connectivity index (χ3v) is 4.65. The first-order chi connectivity index (χ1) is 3.79. The maximum absolute atomic E-state index is 2.39. The minimum absolute atomic E-state index is 1.05. The molecule has 0 amide bonds. The van der Waals surface area contributed by atoms with Crippen LogP contribution in [0.15, 0.2) is 0 Å². The van der Waals surface area contributed by atoms with Crippen LogP contribution in [0.5, 0.6) is 0 Å². The van der Waals surface area contributed by atoms with Gasteiger partial charge in [0.15, 0.2) is 0 Å². The average Bonchev–Trinajstić information content (AvgIpc) is 1.77. The Morgan fingerprint density at radius 1 is 1.12 bits per heavy atom. The van der Waals surface area contributed by atoms with E-state index in [4.69, 9.17) is 0 Å². The summed E-state index contributed by atoms with van der Waals surface area (Å²) in [5, 5.41) is 0. The van der Waals surface area contributed by atoms with Gasteiger partial charge in [0.05, 0.1) is 0 Å². The van der Waals surface area contributed by atoms with Gasteiger partial charge in [0.25, 0.3) is 0 Å². The molecule has 0 aromatic carbocycles. The number of hydrogen-bond donors (Lipinski definition) is 0. The van der Waals surface area contributed by atoms with Gasteiger partial charge in [-0.15, -0.1) is 0 Å². The summed E-state index contributed by atoms with van der Waals surface area (Å²) in [6.45, 7) is 2.39. The maximum atomic E-state index is 2.39. The van der Waals surface area contributed by atoms with Crippen molar-refractivity contribution < 1.29 is 0 Å². The van der Waals surface area contributed by atoms with E-state index in [9.17, 15) is 0 Å². The Bertz CT molecular complexity index is 52.8. The third-order valence-electron chi connectivity index (χ3n) is 2.06. The molecule has 0 aromatic rings. The Balaban J connectivity index is 2.19. The van der Waals surface area contributed by atoms with Gasteiger partial charge in [-0.25, -0.2) is 0 Å². The monoisotopic (exact) mass is 302 g/mol. The fourth-order valence-corrected chi connectivity index (χ4v) is 2.78. The Labute approximate surface area is 67.7 Å². The second kappa shape index (κ2) is 3.18. The molecular weight excluding hydrogens is 288 g/mol. The van der Waals surface area contributed by atoms with Crippen LogP contribution in [-0.2, 0) is 0 Å². The van der Waals surface area contributed by atoms with Crippen molar-refractivity contribution in [3.8, 4) is 0 Å². The van der Waals surface area contributed by atoms with E-state index in [1.807, 2.05) is 0 Å². The van der Waals surface area contributed by atoms with Gasteiger partial charge >= 0.3 is 67.8 Å². The van der Waals surface area contributed by atoms with Gasteiger partial charge in [-0.3, -0.25) is 0 Å². The van der Waals surface area contributed by atoms with Gasteiger partial charge in [-0.2, -0.15) is 0 Å². The molecule has 0 saturated heterocycles. The predicted octanol–water partition coefficient (Wildman–Crippen LogP) is 2.15. The normalized spacial score (nSPS) is 39.5. The second-order valence-corrected chi connectivity index (χ2v) is 6.69. The van der Waals surface area contributed by atoms with Gasteiger partial charge in [0.1, 0.15) is 0 Å². The Hall–Kier alpha value is 0.922. The molecule has 1 fully saturated rings. The molecular formula is C7H13Tl. The van der Waals surface area contributed by atoms with Crippen molar-refractivity contribution in [3.63, 3.8) is 0 Å². The van der Waals surface area contributed by atoms with Crippen molar-refractivity contribution in [1.29, 1.82) is 0 Å². The first-order valence-electron chi connectivity index (χ1n) is 3.54. The van der Waals surface area contributed by atoms with Crippen molar-refractivity contribution >= 4 is 25.8 Å². The van der Waals surface area contributed by atoms with E-state index in [2.05, 4.69) is 6.92 Å². The molecule has 0 aliphatic heterocycles.